The molecule has 3 heterocycles. The van der Waals surface area contributed by atoms with Crippen LogP contribution in [-0.4, -0.2) is 62.7 Å². The number of amides is 1. The molecule has 0 aromatic carbocycles. The molecule has 0 aliphatic carbocycles. The second kappa shape index (κ2) is 9.84. The molecule has 1 unspecified atom stereocenters. The SMILES string of the molecule is CC(C)CCC(=O)N1CC2(CC(Oc3ncccc3F)CS2)C1.O=C(O)C(F)(F)F. The van der Waals surface area contributed by atoms with Crippen LogP contribution in [0.1, 0.15) is 33.1 Å². The lowest BCUT2D eigenvalue weighted by molar-refractivity contribution is -0.192. The number of hydrogen-bond acceptors (Lipinski definition) is 5. The van der Waals surface area contributed by atoms with E-state index in [-0.39, 0.29) is 22.6 Å². The summed E-state index contributed by atoms with van der Waals surface area (Å²) in [4.78, 5) is 26.9. The monoisotopic (exact) mass is 452 g/mol. The highest BCUT2D eigenvalue weighted by Crippen LogP contribution is 2.46. The van der Waals surface area contributed by atoms with Crippen LogP contribution in [0.4, 0.5) is 17.6 Å². The van der Waals surface area contributed by atoms with Crippen molar-refractivity contribution in [2.75, 3.05) is 18.8 Å². The Bertz CT molecular complexity index is 754. The zero-order valence-electron chi connectivity index (χ0n) is 16.6. The van der Waals surface area contributed by atoms with Crippen LogP contribution in [0.15, 0.2) is 18.3 Å². The fourth-order valence-corrected chi connectivity index (χ4v) is 4.63. The minimum atomic E-state index is -5.08. The van der Waals surface area contributed by atoms with E-state index in [9.17, 15) is 22.4 Å². The molecule has 11 heteroatoms. The Morgan fingerprint density at radius 3 is 2.57 bits per heavy atom. The van der Waals surface area contributed by atoms with Crippen molar-refractivity contribution in [2.24, 2.45) is 5.92 Å². The number of carbonyl (C=O) groups is 2. The molecule has 1 atom stereocenters. The van der Waals surface area contributed by atoms with E-state index in [1.165, 1.54) is 12.3 Å². The molecule has 6 nitrogen and oxygen atoms in total. The van der Waals surface area contributed by atoms with Crippen LogP contribution in [0.2, 0.25) is 0 Å². The summed E-state index contributed by atoms with van der Waals surface area (Å²) in [6.07, 6.45) is -1.15. The Labute approximate surface area is 176 Å². The fraction of sp³-hybridized carbons (Fsp3) is 0.632. The standard InChI is InChI=1S/C17H23FN2O2S.C2HF3O2/c1-12(2)5-6-15(21)20-10-17(11-20)8-13(9-23-17)22-16-14(18)4-3-7-19-16;3-2(4,5)1(6)7/h3-4,7,12-13H,5-6,8-11H2,1-2H3;(H,6,7). The molecule has 2 aliphatic rings. The molecule has 0 bridgehead atoms. The topological polar surface area (TPSA) is 79.7 Å². The van der Waals surface area contributed by atoms with E-state index in [4.69, 9.17) is 14.6 Å². The highest BCUT2D eigenvalue weighted by molar-refractivity contribution is 8.01. The number of nitrogens with zero attached hydrogens (tertiary/aromatic N) is 2. The molecule has 0 radical (unpaired) electrons. The Morgan fingerprint density at radius 2 is 2.03 bits per heavy atom. The Hall–Kier alpha value is -2.04. The number of aliphatic carboxylic acids is 1. The molecule has 3 rings (SSSR count). The smallest absolute Gasteiger partial charge is 0.475 e. The van der Waals surface area contributed by atoms with Crippen LogP contribution in [0, 0.1) is 11.7 Å². The van der Waals surface area contributed by atoms with Gasteiger partial charge in [0, 0.05) is 37.9 Å². The van der Waals surface area contributed by atoms with Crippen molar-refractivity contribution < 1.29 is 37.0 Å². The van der Waals surface area contributed by atoms with Gasteiger partial charge >= 0.3 is 12.1 Å². The summed E-state index contributed by atoms with van der Waals surface area (Å²) in [5, 5.41) is 7.12. The van der Waals surface area contributed by atoms with Crippen molar-refractivity contribution in [3.8, 4) is 5.88 Å². The Morgan fingerprint density at radius 1 is 1.40 bits per heavy atom. The lowest BCUT2D eigenvalue weighted by Gasteiger charge is -2.47. The molecule has 1 aromatic rings. The summed E-state index contributed by atoms with van der Waals surface area (Å²) in [6.45, 7) is 5.85. The summed E-state index contributed by atoms with van der Waals surface area (Å²) in [7, 11) is 0. The first-order valence-corrected chi connectivity index (χ1v) is 10.4. The number of ether oxygens (including phenoxy) is 1. The molecule has 1 spiro atoms. The van der Waals surface area contributed by atoms with Gasteiger partial charge in [0.2, 0.25) is 5.91 Å². The number of alkyl halides is 3. The largest absolute Gasteiger partial charge is 0.490 e. The third-order valence-corrected chi connectivity index (χ3v) is 6.24. The molecule has 1 aromatic heterocycles. The second-order valence-electron chi connectivity index (χ2n) is 7.71. The summed E-state index contributed by atoms with van der Waals surface area (Å²) in [5.74, 6) is -1.46. The van der Waals surface area contributed by atoms with Crippen molar-refractivity contribution in [1.82, 2.24) is 9.88 Å². The maximum absolute atomic E-state index is 13.6. The minimum absolute atomic E-state index is 0.0303. The van der Waals surface area contributed by atoms with E-state index in [1.807, 2.05) is 16.7 Å². The molecule has 2 fully saturated rings. The highest BCUT2D eigenvalue weighted by Gasteiger charge is 2.51. The number of hydrogen-bond donors (Lipinski definition) is 1. The van der Waals surface area contributed by atoms with E-state index in [1.54, 1.807) is 6.07 Å². The lowest BCUT2D eigenvalue weighted by atomic mass is 9.92. The molecule has 0 saturated carbocycles. The van der Waals surface area contributed by atoms with Crippen LogP contribution >= 0.6 is 11.8 Å². The van der Waals surface area contributed by atoms with Crippen molar-refractivity contribution >= 4 is 23.6 Å². The first-order chi connectivity index (χ1) is 13.9. The highest BCUT2D eigenvalue weighted by atomic mass is 32.2. The lowest BCUT2D eigenvalue weighted by Crippen LogP contribution is -2.60. The van der Waals surface area contributed by atoms with Crippen LogP contribution < -0.4 is 4.74 Å². The Kier molecular flexibility index (Phi) is 7.95. The summed E-state index contributed by atoms with van der Waals surface area (Å²) >= 11 is 1.84. The summed E-state index contributed by atoms with van der Waals surface area (Å²) in [5.41, 5.74) is 0. The summed E-state index contributed by atoms with van der Waals surface area (Å²) < 4.78 is 51.1. The predicted molar refractivity (Wildman–Crippen MR) is 103 cm³/mol. The quantitative estimate of drug-likeness (QED) is 0.686. The number of likely N-dealkylation sites (tertiary alicyclic amines) is 1. The van der Waals surface area contributed by atoms with Crippen molar-refractivity contribution in [3.63, 3.8) is 0 Å². The molecular weight excluding hydrogens is 428 g/mol. The number of rotatable bonds is 5. The van der Waals surface area contributed by atoms with Gasteiger partial charge in [-0.1, -0.05) is 13.8 Å². The molecule has 2 aliphatic heterocycles. The number of halogens is 4. The van der Waals surface area contributed by atoms with Crippen molar-refractivity contribution in [1.29, 1.82) is 0 Å². The number of pyridine rings is 1. The number of carboxylic acid groups (broad SMARTS) is 1. The maximum Gasteiger partial charge on any atom is 0.490 e. The fourth-order valence-electron chi connectivity index (χ4n) is 3.11. The average molecular weight is 452 g/mol. The van der Waals surface area contributed by atoms with Gasteiger partial charge in [0.05, 0.1) is 4.75 Å². The van der Waals surface area contributed by atoms with Crippen LogP contribution in [-0.2, 0) is 9.59 Å². The Balaban J connectivity index is 0.000000396. The number of carboxylic acids is 1. The molecule has 168 valence electrons. The normalized spacial score (nSPS) is 19.8. The second-order valence-corrected chi connectivity index (χ2v) is 9.20. The third kappa shape index (κ3) is 6.75. The van der Waals surface area contributed by atoms with E-state index >= 15 is 0 Å². The first-order valence-electron chi connectivity index (χ1n) is 9.41. The van der Waals surface area contributed by atoms with Gasteiger partial charge in [-0.05, 0) is 24.5 Å². The molecular formula is C19H24F4N2O4S. The van der Waals surface area contributed by atoms with Gasteiger partial charge in [0.25, 0.3) is 5.88 Å². The zero-order valence-corrected chi connectivity index (χ0v) is 17.4. The van der Waals surface area contributed by atoms with E-state index in [0.29, 0.717) is 12.3 Å². The molecule has 30 heavy (non-hydrogen) atoms. The molecule has 1 N–H and O–H groups in total. The van der Waals surface area contributed by atoms with Gasteiger partial charge in [-0.25, -0.2) is 14.2 Å². The molecule has 1 amide bonds. The summed E-state index contributed by atoms with van der Waals surface area (Å²) in [6, 6.07) is 2.92. The zero-order chi connectivity index (χ0) is 22.5. The van der Waals surface area contributed by atoms with Gasteiger partial charge in [-0.15, -0.1) is 11.8 Å². The number of carbonyl (C=O) groups excluding carboxylic acids is 1. The third-order valence-electron chi connectivity index (χ3n) is 4.67. The maximum atomic E-state index is 13.6. The first kappa shape index (κ1) is 24.2. The van der Waals surface area contributed by atoms with Gasteiger partial charge in [-0.2, -0.15) is 13.2 Å². The van der Waals surface area contributed by atoms with Gasteiger partial charge in [0.15, 0.2) is 5.82 Å². The van der Waals surface area contributed by atoms with E-state index < -0.39 is 18.0 Å². The number of thioether (sulfide) groups is 1. The van der Waals surface area contributed by atoms with Gasteiger partial charge in [0.1, 0.15) is 6.10 Å². The predicted octanol–water partition coefficient (Wildman–Crippen LogP) is 3.76. The average Bonchev–Trinajstić information content (AvgIpc) is 3.04. The van der Waals surface area contributed by atoms with E-state index in [0.717, 1.165) is 31.7 Å². The van der Waals surface area contributed by atoms with Crippen LogP contribution in [0.5, 0.6) is 5.88 Å². The van der Waals surface area contributed by atoms with Gasteiger partial charge in [-0.3, -0.25) is 4.79 Å². The van der Waals surface area contributed by atoms with Crippen LogP contribution in [0.25, 0.3) is 0 Å². The van der Waals surface area contributed by atoms with Crippen LogP contribution in [0.3, 0.4) is 0 Å². The molecule has 2 saturated heterocycles. The van der Waals surface area contributed by atoms with Crippen molar-refractivity contribution in [2.45, 2.75) is 50.1 Å². The van der Waals surface area contributed by atoms with Gasteiger partial charge < -0.3 is 14.7 Å². The van der Waals surface area contributed by atoms with Crippen molar-refractivity contribution in [3.05, 3.63) is 24.1 Å². The van der Waals surface area contributed by atoms with E-state index in [2.05, 4.69) is 18.8 Å². The minimum Gasteiger partial charge on any atom is -0.475 e. The number of aromatic nitrogens is 1.